The van der Waals surface area contributed by atoms with Crippen molar-refractivity contribution in [2.24, 2.45) is 0 Å². The number of carbonyl (C=O) groups excluding carboxylic acids is 1. The van der Waals surface area contributed by atoms with E-state index in [1.54, 1.807) is 0 Å². The second-order valence-electron chi connectivity index (χ2n) is 3.11. The third-order valence-electron chi connectivity index (χ3n) is 1.82. The van der Waals surface area contributed by atoms with E-state index in [0.29, 0.717) is 5.91 Å². The molecule has 1 aliphatic heterocycles. The van der Waals surface area contributed by atoms with E-state index in [4.69, 9.17) is 10.2 Å². The molecule has 0 aromatic carbocycles. The quantitative estimate of drug-likeness (QED) is 0.642. The van der Waals surface area contributed by atoms with Crippen LogP contribution in [-0.2, 0) is 4.79 Å². The van der Waals surface area contributed by atoms with Crippen LogP contribution in [0.25, 0.3) is 0 Å². The van der Waals surface area contributed by atoms with Gasteiger partial charge in [-0.05, 0) is 20.3 Å². The standard InChI is InChI=1S/C6H11NO.C3H8O2/c1-2-7-5-3-4-6(7)8;1-3(5)2-4/h2-5H2,1H3;3-5H,2H2,1H3. The van der Waals surface area contributed by atoms with Crippen molar-refractivity contribution in [1.29, 1.82) is 0 Å². The van der Waals surface area contributed by atoms with Gasteiger partial charge in [0.2, 0.25) is 5.91 Å². The molecule has 0 aromatic rings. The average Bonchev–Trinajstić information content (AvgIpc) is 2.52. The van der Waals surface area contributed by atoms with Gasteiger partial charge in [0.05, 0.1) is 12.7 Å². The maximum atomic E-state index is 10.7. The molecule has 0 aliphatic carbocycles. The second kappa shape index (κ2) is 6.86. The molecule has 1 aliphatic rings. The van der Waals surface area contributed by atoms with Gasteiger partial charge in [0.15, 0.2) is 0 Å². The summed E-state index contributed by atoms with van der Waals surface area (Å²) in [6.07, 6.45) is 1.27. The van der Waals surface area contributed by atoms with Crippen molar-refractivity contribution < 1.29 is 15.0 Å². The van der Waals surface area contributed by atoms with Crippen LogP contribution >= 0.6 is 0 Å². The molecule has 1 amide bonds. The van der Waals surface area contributed by atoms with Crippen LogP contribution in [0.1, 0.15) is 26.7 Å². The first kappa shape index (κ1) is 12.4. The lowest BCUT2D eigenvalue weighted by molar-refractivity contribution is -0.127. The maximum absolute atomic E-state index is 10.7. The van der Waals surface area contributed by atoms with Gasteiger partial charge in [-0.25, -0.2) is 0 Å². The molecule has 0 aromatic heterocycles. The predicted molar refractivity (Wildman–Crippen MR) is 50.3 cm³/mol. The first-order valence-corrected chi connectivity index (χ1v) is 4.68. The zero-order chi connectivity index (χ0) is 10.3. The maximum Gasteiger partial charge on any atom is 0.222 e. The zero-order valence-corrected chi connectivity index (χ0v) is 8.36. The summed E-state index contributed by atoms with van der Waals surface area (Å²) < 4.78 is 0. The van der Waals surface area contributed by atoms with Gasteiger partial charge in [-0.1, -0.05) is 0 Å². The Morgan fingerprint density at radius 3 is 2.31 bits per heavy atom. The summed E-state index contributed by atoms with van der Waals surface area (Å²) in [4.78, 5) is 12.6. The molecule has 0 radical (unpaired) electrons. The minimum Gasteiger partial charge on any atom is -0.394 e. The van der Waals surface area contributed by atoms with Crippen molar-refractivity contribution in [3.8, 4) is 0 Å². The number of carbonyl (C=O) groups is 1. The van der Waals surface area contributed by atoms with Crippen molar-refractivity contribution in [2.75, 3.05) is 19.7 Å². The Hall–Kier alpha value is -0.610. The van der Waals surface area contributed by atoms with Crippen molar-refractivity contribution in [3.05, 3.63) is 0 Å². The molecule has 1 saturated heterocycles. The number of nitrogens with zero attached hydrogens (tertiary/aromatic N) is 1. The molecule has 1 heterocycles. The summed E-state index contributed by atoms with van der Waals surface area (Å²) in [6, 6.07) is 0. The highest BCUT2D eigenvalue weighted by atomic mass is 16.3. The summed E-state index contributed by atoms with van der Waals surface area (Å²) in [5.41, 5.74) is 0. The van der Waals surface area contributed by atoms with Crippen molar-refractivity contribution >= 4 is 5.91 Å². The van der Waals surface area contributed by atoms with Crippen LogP contribution in [0.15, 0.2) is 0 Å². The molecule has 13 heavy (non-hydrogen) atoms. The number of aliphatic hydroxyl groups is 2. The van der Waals surface area contributed by atoms with E-state index in [-0.39, 0.29) is 6.61 Å². The fraction of sp³-hybridized carbons (Fsp3) is 0.889. The number of hydrogen-bond donors (Lipinski definition) is 2. The molecule has 2 N–H and O–H groups in total. The Morgan fingerprint density at radius 1 is 1.62 bits per heavy atom. The Morgan fingerprint density at radius 2 is 2.15 bits per heavy atom. The van der Waals surface area contributed by atoms with Crippen LogP contribution < -0.4 is 0 Å². The molecule has 4 nitrogen and oxygen atoms in total. The lowest BCUT2D eigenvalue weighted by Gasteiger charge is -2.10. The first-order chi connectivity index (χ1) is 6.11. The van der Waals surface area contributed by atoms with Crippen LogP contribution in [0.2, 0.25) is 0 Å². The monoisotopic (exact) mass is 189 g/mol. The van der Waals surface area contributed by atoms with E-state index in [0.717, 1.165) is 25.9 Å². The highest BCUT2D eigenvalue weighted by Crippen LogP contribution is 2.07. The molecule has 1 atom stereocenters. The van der Waals surface area contributed by atoms with Gasteiger partial charge in [0.25, 0.3) is 0 Å². The molecule has 4 heteroatoms. The lowest BCUT2D eigenvalue weighted by Crippen LogP contribution is -2.23. The molecule has 1 rings (SSSR count). The van der Waals surface area contributed by atoms with E-state index in [1.165, 1.54) is 6.92 Å². The van der Waals surface area contributed by atoms with Crippen LogP contribution in [0, 0.1) is 0 Å². The van der Waals surface area contributed by atoms with Crippen molar-refractivity contribution in [1.82, 2.24) is 4.90 Å². The summed E-state index contributed by atoms with van der Waals surface area (Å²) >= 11 is 0. The third kappa shape index (κ3) is 5.60. The molecular weight excluding hydrogens is 170 g/mol. The highest BCUT2D eigenvalue weighted by Gasteiger charge is 2.16. The summed E-state index contributed by atoms with van der Waals surface area (Å²) in [6.45, 7) is 5.28. The fourth-order valence-corrected chi connectivity index (χ4v) is 1.04. The Balaban J connectivity index is 0.000000252. The predicted octanol–water partition coefficient (Wildman–Crippen LogP) is -0.0118. The van der Waals surface area contributed by atoms with E-state index in [9.17, 15) is 4.79 Å². The molecule has 78 valence electrons. The normalized spacial score (nSPS) is 18.2. The largest absolute Gasteiger partial charge is 0.394 e. The minimum absolute atomic E-state index is 0.139. The summed E-state index contributed by atoms with van der Waals surface area (Å²) in [5, 5.41) is 16.0. The van der Waals surface area contributed by atoms with Gasteiger partial charge in [0.1, 0.15) is 0 Å². The minimum atomic E-state index is -0.560. The zero-order valence-electron chi connectivity index (χ0n) is 8.36. The van der Waals surface area contributed by atoms with Crippen LogP contribution in [-0.4, -0.2) is 46.8 Å². The van der Waals surface area contributed by atoms with E-state index < -0.39 is 6.10 Å². The fourth-order valence-electron chi connectivity index (χ4n) is 1.04. The summed E-state index contributed by atoms with van der Waals surface area (Å²) in [5.74, 6) is 0.326. The van der Waals surface area contributed by atoms with E-state index in [1.807, 2.05) is 11.8 Å². The molecule has 1 fully saturated rings. The smallest absolute Gasteiger partial charge is 0.222 e. The lowest BCUT2D eigenvalue weighted by atomic mass is 10.4. The van der Waals surface area contributed by atoms with Gasteiger partial charge < -0.3 is 15.1 Å². The van der Waals surface area contributed by atoms with E-state index >= 15 is 0 Å². The van der Waals surface area contributed by atoms with Crippen LogP contribution in [0.4, 0.5) is 0 Å². The van der Waals surface area contributed by atoms with Crippen LogP contribution in [0.5, 0.6) is 0 Å². The Kier molecular flexibility index (Phi) is 6.54. The topological polar surface area (TPSA) is 60.8 Å². The number of aliphatic hydroxyl groups excluding tert-OH is 2. The first-order valence-electron chi connectivity index (χ1n) is 4.68. The SMILES string of the molecule is CC(O)CO.CCN1CCCC1=O. The molecule has 1 unspecified atom stereocenters. The van der Waals surface area contributed by atoms with Crippen molar-refractivity contribution in [2.45, 2.75) is 32.8 Å². The number of rotatable bonds is 2. The Bertz CT molecular complexity index is 148. The molecule has 0 spiro atoms. The highest BCUT2D eigenvalue weighted by molar-refractivity contribution is 5.77. The average molecular weight is 189 g/mol. The third-order valence-corrected chi connectivity index (χ3v) is 1.82. The van der Waals surface area contributed by atoms with Crippen molar-refractivity contribution in [3.63, 3.8) is 0 Å². The van der Waals surface area contributed by atoms with Gasteiger partial charge in [-0.2, -0.15) is 0 Å². The molecular formula is C9H19NO3. The number of amides is 1. The number of hydrogen-bond acceptors (Lipinski definition) is 3. The van der Waals surface area contributed by atoms with E-state index in [2.05, 4.69) is 0 Å². The van der Waals surface area contributed by atoms with Gasteiger partial charge in [-0.15, -0.1) is 0 Å². The van der Waals surface area contributed by atoms with Gasteiger partial charge in [0, 0.05) is 19.5 Å². The number of likely N-dealkylation sites (tertiary alicyclic amines) is 1. The summed E-state index contributed by atoms with van der Waals surface area (Å²) in [7, 11) is 0. The molecule has 0 bridgehead atoms. The second-order valence-corrected chi connectivity index (χ2v) is 3.11. The Labute approximate surface area is 79.2 Å². The molecule has 0 saturated carbocycles. The van der Waals surface area contributed by atoms with Gasteiger partial charge in [-0.3, -0.25) is 4.79 Å². The van der Waals surface area contributed by atoms with Crippen LogP contribution in [0.3, 0.4) is 0 Å². The van der Waals surface area contributed by atoms with Gasteiger partial charge >= 0.3 is 0 Å².